The SMILES string of the molecule is CC(C(=O)O)N1C(=O)NC2(CCNCC2)C1=O. The number of rotatable bonds is 2. The number of hydrogen-bond donors (Lipinski definition) is 3. The van der Waals surface area contributed by atoms with E-state index in [1.54, 1.807) is 0 Å². The van der Waals surface area contributed by atoms with E-state index in [9.17, 15) is 14.4 Å². The third-order valence-corrected chi connectivity index (χ3v) is 3.39. The van der Waals surface area contributed by atoms with E-state index in [1.165, 1.54) is 6.92 Å². The van der Waals surface area contributed by atoms with Crippen LogP contribution in [-0.4, -0.2) is 52.6 Å². The van der Waals surface area contributed by atoms with Gasteiger partial charge in [0.2, 0.25) is 0 Å². The van der Waals surface area contributed by atoms with E-state index < -0.39 is 29.5 Å². The van der Waals surface area contributed by atoms with Gasteiger partial charge in [-0.25, -0.2) is 14.5 Å². The van der Waals surface area contributed by atoms with Gasteiger partial charge in [-0.05, 0) is 32.9 Å². The number of nitrogens with zero attached hydrogens (tertiary/aromatic N) is 1. The molecule has 1 spiro atoms. The third-order valence-electron chi connectivity index (χ3n) is 3.39. The molecule has 0 aromatic carbocycles. The Morgan fingerprint density at radius 2 is 2.00 bits per heavy atom. The molecule has 0 radical (unpaired) electrons. The highest BCUT2D eigenvalue weighted by Gasteiger charge is 2.53. The van der Waals surface area contributed by atoms with E-state index in [0.29, 0.717) is 25.9 Å². The summed E-state index contributed by atoms with van der Waals surface area (Å²) in [5.74, 6) is -1.60. The maximum absolute atomic E-state index is 12.2. The molecule has 0 bridgehead atoms. The molecule has 2 rings (SSSR count). The predicted octanol–water partition coefficient (Wildman–Crippen LogP) is -0.866. The molecule has 2 aliphatic rings. The number of carboxylic acid groups (broad SMARTS) is 1. The number of aliphatic carboxylic acids is 1. The predicted molar refractivity (Wildman–Crippen MR) is 57.3 cm³/mol. The Morgan fingerprint density at radius 1 is 1.41 bits per heavy atom. The smallest absolute Gasteiger partial charge is 0.326 e. The first kappa shape index (κ1) is 11.8. The standard InChI is InChI=1S/C10H15N3O4/c1-6(7(14)15)13-8(16)10(12-9(13)17)2-4-11-5-3-10/h6,11H,2-5H2,1H3,(H,12,17)(H,14,15). The van der Waals surface area contributed by atoms with Crippen molar-refractivity contribution in [2.45, 2.75) is 31.3 Å². The second-order valence-electron chi connectivity index (χ2n) is 4.45. The molecule has 2 heterocycles. The molecule has 0 saturated carbocycles. The molecule has 0 aromatic heterocycles. The quantitative estimate of drug-likeness (QED) is 0.546. The highest BCUT2D eigenvalue weighted by atomic mass is 16.4. The highest BCUT2D eigenvalue weighted by Crippen LogP contribution is 2.28. The minimum absolute atomic E-state index is 0.418. The molecule has 2 saturated heterocycles. The second kappa shape index (κ2) is 3.99. The maximum atomic E-state index is 12.2. The van der Waals surface area contributed by atoms with Crippen LogP contribution in [0.3, 0.4) is 0 Å². The lowest BCUT2D eigenvalue weighted by atomic mass is 9.88. The Balaban J connectivity index is 2.24. The zero-order valence-corrected chi connectivity index (χ0v) is 9.52. The average Bonchev–Trinajstić information content (AvgIpc) is 2.51. The molecule has 17 heavy (non-hydrogen) atoms. The summed E-state index contributed by atoms with van der Waals surface area (Å²) in [6, 6.07) is -1.73. The topological polar surface area (TPSA) is 98.7 Å². The van der Waals surface area contributed by atoms with Gasteiger partial charge in [0.05, 0.1) is 0 Å². The molecular formula is C10H15N3O4. The van der Waals surface area contributed by atoms with Crippen LogP contribution in [0.1, 0.15) is 19.8 Å². The molecule has 1 unspecified atom stereocenters. The van der Waals surface area contributed by atoms with Crippen LogP contribution < -0.4 is 10.6 Å². The van der Waals surface area contributed by atoms with Gasteiger partial charge in [0, 0.05) is 0 Å². The molecule has 7 nitrogen and oxygen atoms in total. The highest BCUT2D eigenvalue weighted by molar-refractivity contribution is 6.09. The first-order chi connectivity index (χ1) is 7.98. The van der Waals surface area contributed by atoms with Crippen LogP contribution in [0.15, 0.2) is 0 Å². The first-order valence-electron chi connectivity index (χ1n) is 5.57. The number of amides is 3. The minimum Gasteiger partial charge on any atom is -0.480 e. The van der Waals surface area contributed by atoms with Gasteiger partial charge < -0.3 is 15.7 Å². The van der Waals surface area contributed by atoms with Crippen LogP contribution in [0.5, 0.6) is 0 Å². The summed E-state index contributed by atoms with van der Waals surface area (Å²) in [4.78, 5) is 35.6. The van der Waals surface area contributed by atoms with Crippen LogP contribution in [-0.2, 0) is 9.59 Å². The molecule has 0 aliphatic carbocycles. The summed E-state index contributed by atoms with van der Waals surface area (Å²) in [5, 5.41) is 14.6. The number of hydrogen-bond acceptors (Lipinski definition) is 4. The van der Waals surface area contributed by atoms with Crippen molar-refractivity contribution in [2.24, 2.45) is 0 Å². The molecule has 94 valence electrons. The lowest BCUT2D eigenvalue weighted by molar-refractivity contribution is -0.147. The molecule has 2 aliphatic heterocycles. The number of imide groups is 1. The lowest BCUT2D eigenvalue weighted by Crippen LogP contribution is -2.54. The van der Waals surface area contributed by atoms with Crippen LogP contribution >= 0.6 is 0 Å². The van der Waals surface area contributed by atoms with E-state index in [1.807, 2.05) is 0 Å². The van der Waals surface area contributed by atoms with Crippen molar-refractivity contribution in [3.8, 4) is 0 Å². The van der Waals surface area contributed by atoms with Crippen LogP contribution in [0.25, 0.3) is 0 Å². The lowest BCUT2D eigenvalue weighted by Gasteiger charge is -2.31. The molecule has 2 fully saturated rings. The molecule has 3 N–H and O–H groups in total. The number of urea groups is 1. The summed E-state index contributed by atoms with van der Waals surface area (Å²) in [7, 11) is 0. The van der Waals surface area contributed by atoms with E-state index >= 15 is 0 Å². The number of nitrogens with one attached hydrogen (secondary N) is 2. The number of piperidine rings is 1. The Labute approximate surface area is 98.2 Å². The van der Waals surface area contributed by atoms with Crippen molar-refractivity contribution in [1.29, 1.82) is 0 Å². The minimum atomic E-state index is -1.18. The van der Waals surface area contributed by atoms with Gasteiger partial charge in [-0.2, -0.15) is 0 Å². The summed E-state index contributed by atoms with van der Waals surface area (Å²) in [5.41, 5.74) is -0.897. The van der Waals surface area contributed by atoms with Gasteiger partial charge in [0.15, 0.2) is 0 Å². The molecular weight excluding hydrogens is 226 g/mol. The van der Waals surface area contributed by atoms with Gasteiger partial charge in [-0.1, -0.05) is 0 Å². The molecule has 1 atom stereocenters. The fraction of sp³-hybridized carbons (Fsp3) is 0.700. The summed E-state index contributed by atoms with van der Waals surface area (Å²) in [6.07, 6.45) is 1.00. The van der Waals surface area contributed by atoms with Gasteiger partial charge in [-0.15, -0.1) is 0 Å². The first-order valence-corrected chi connectivity index (χ1v) is 5.57. The van der Waals surface area contributed by atoms with Crippen molar-refractivity contribution in [2.75, 3.05) is 13.1 Å². The number of carbonyl (C=O) groups excluding carboxylic acids is 2. The molecule has 0 aromatic rings. The summed E-state index contributed by atoms with van der Waals surface area (Å²) in [6.45, 7) is 2.61. The Bertz CT molecular complexity index is 376. The zero-order chi connectivity index (χ0) is 12.6. The van der Waals surface area contributed by atoms with Crippen LogP contribution in [0, 0.1) is 0 Å². The summed E-state index contributed by atoms with van der Waals surface area (Å²) >= 11 is 0. The van der Waals surface area contributed by atoms with Crippen LogP contribution in [0.2, 0.25) is 0 Å². The Hall–Kier alpha value is -1.63. The maximum Gasteiger partial charge on any atom is 0.326 e. The van der Waals surface area contributed by atoms with Gasteiger partial charge >= 0.3 is 12.0 Å². The fourth-order valence-corrected chi connectivity index (χ4v) is 2.30. The third kappa shape index (κ3) is 1.76. The van der Waals surface area contributed by atoms with Crippen molar-refractivity contribution < 1.29 is 19.5 Å². The monoisotopic (exact) mass is 241 g/mol. The molecule has 7 heteroatoms. The fourth-order valence-electron chi connectivity index (χ4n) is 2.30. The van der Waals surface area contributed by atoms with Crippen molar-refractivity contribution >= 4 is 17.9 Å². The average molecular weight is 241 g/mol. The van der Waals surface area contributed by atoms with E-state index in [0.717, 1.165) is 4.90 Å². The van der Waals surface area contributed by atoms with Gasteiger partial charge in [0.25, 0.3) is 5.91 Å². The second-order valence-corrected chi connectivity index (χ2v) is 4.45. The molecule has 3 amide bonds. The zero-order valence-electron chi connectivity index (χ0n) is 9.52. The van der Waals surface area contributed by atoms with Gasteiger partial charge in [0.1, 0.15) is 11.6 Å². The van der Waals surface area contributed by atoms with Crippen molar-refractivity contribution in [1.82, 2.24) is 15.5 Å². The van der Waals surface area contributed by atoms with Crippen molar-refractivity contribution in [3.63, 3.8) is 0 Å². The Kier molecular flexibility index (Phi) is 2.78. The largest absolute Gasteiger partial charge is 0.480 e. The number of carboxylic acids is 1. The van der Waals surface area contributed by atoms with Crippen molar-refractivity contribution in [3.05, 3.63) is 0 Å². The normalized spacial score (nSPS) is 24.9. The van der Waals surface area contributed by atoms with Crippen LogP contribution in [0.4, 0.5) is 4.79 Å². The van der Waals surface area contributed by atoms with Gasteiger partial charge in [-0.3, -0.25) is 4.79 Å². The Morgan fingerprint density at radius 3 is 2.53 bits per heavy atom. The summed E-state index contributed by atoms with van der Waals surface area (Å²) < 4.78 is 0. The van der Waals surface area contributed by atoms with E-state index in [2.05, 4.69) is 10.6 Å². The van der Waals surface area contributed by atoms with E-state index in [-0.39, 0.29) is 0 Å². The van der Waals surface area contributed by atoms with E-state index in [4.69, 9.17) is 5.11 Å². The number of carbonyl (C=O) groups is 3.